The number of carbonyl (C=O) groups is 2. The summed E-state index contributed by atoms with van der Waals surface area (Å²) >= 11 is 0. The molecule has 25 heavy (non-hydrogen) atoms. The quantitative estimate of drug-likeness (QED) is 0.685. The molecule has 0 aliphatic rings. The highest BCUT2D eigenvalue weighted by molar-refractivity contribution is 5.97. The lowest BCUT2D eigenvalue weighted by atomic mass is 10.1. The van der Waals surface area contributed by atoms with Gasteiger partial charge in [-0.3, -0.25) is 9.59 Å². The standard InChI is InChI=1S/C21H26N2O2/c1-2-3-6-15-19(23-20(24)18-13-9-5-10-14-18)21(25)22-16-17-11-7-4-8-12-17/h4-5,7-14,19H,2-3,6,15-16H2,1H3,(H,22,25)(H,23,24)/t19-/m0/s1. The third kappa shape index (κ3) is 6.42. The molecular formula is C21H26N2O2. The Morgan fingerprint density at radius 2 is 1.56 bits per heavy atom. The zero-order chi connectivity index (χ0) is 17.9. The maximum atomic E-state index is 12.6. The predicted molar refractivity (Wildman–Crippen MR) is 100 cm³/mol. The van der Waals surface area contributed by atoms with Crippen LogP contribution in [0.25, 0.3) is 0 Å². The molecule has 0 spiro atoms. The Bertz CT molecular complexity index is 656. The number of rotatable bonds is 9. The summed E-state index contributed by atoms with van der Waals surface area (Å²) in [6.45, 7) is 2.58. The van der Waals surface area contributed by atoms with E-state index in [0.29, 0.717) is 18.5 Å². The number of carbonyl (C=O) groups excluding carboxylic acids is 2. The van der Waals surface area contributed by atoms with Crippen molar-refractivity contribution >= 4 is 11.8 Å². The molecule has 0 saturated carbocycles. The first kappa shape index (κ1) is 18.7. The minimum Gasteiger partial charge on any atom is -0.350 e. The Balaban J connectivity index is 1.96. The van der Waals surface area contributed by atoms with Crippen LogP contribution in [0.4, 0.5) is 0 Å². The van der Waals surface area contributed by atoms with Crippen LogP contribution in [0, 0.1) is 0 Å². The molecule has 0 saturated heterocycles. The van der Waals surface area contributed by atoms with Crippen molar-refractivity contribution in [2.75, 3.05) is 0 Å². The van der Waals surface area contributed by atoms with Crippen molar-refractivity contribution in [2.24, 2.45) is 0 Å². The molecule has 0 aromatic heterocycles. The van der Waals surface area contributed by atoms with Crippen molar-refractivity contribution in [1.82, 2.24) is 10.6 Å². The van der Waals surface area contributed by atoms with Crippen molar-refractivity contribution in [3.63, 3.8) is 0 Å². The van der Waals surface area contributed by atoms with Gasteiger partial charge in [-0.1, -0.05) is 74.7 Å². The highest BCUT2D eigenvalue weighted by Gasteiger charge is 2.20. The molecule has 0 heterocycles. The molecule has 0 bridgehead atoms. The third-order valence-electron chi connectivity index (χ3n) is 4.06. The Kier molecular flexibility index (Phi) is 7.70. The van der Waals surface area contributed by atoms with Gasteiger partial charge in [-0.05, 0) is 24.1 Å². The van der Waals surface area contributed by atoms with Crippen LogP contribution in [0.2, 0.25) is 0 Å². The average molecular weight is 338 g/mol. The van der Waals surface area contributed by atoms with E-state index < -0.39 is 6.04 Å². The molecular weight excluding hydrogens is 312 g/mol. The Hall–Kier alpha value is -2.62. The fourth-order valence-electron chi connectivity index (χ4n) is 2.61. The van der Waals surface area contributed by atoms with Gasteiger partial charge < -0.3 is 10.6 Å². The van der Waals surface area contributed by atoms with Crippen LogP contribution >= 0.6 is 0 Å². The summed E-state index contributed by atoms with van der Waals surface area (Å²) in [5.74, 6) is -0.346. The molecule has 4 heteroatoms. The van der Waals surface area contributed by atoms with Crippen LogP contribution in [-0.2, 0) is 11.3 Å². The van der Waals surface area contributed by atoms with Crippen molar-refractivity contribution < 1.29 is 9.59 Å². The second kappa shape index (κ2) is 10.3. The average Bonchev–Trinajstić information content (AvgIpc) is 2.67. The van der Waals surface area contributed by atoms with E-state index >= 15 is 0 Å². The minimum atomic E-state index is -0.511. The van der Waals surface area contributed by atoms with Crippen molar-refractivity contribution in [2.45, 2.75) is 45.2 Å². The van der Waals surface area contributed by atoms with Gasteiger partial charge in [-0.2, -0.15) is 0 Å². The van der Waals surface area contributed by atoms with Gasteiger partial charge >= 0.3 is 0 Å². The minimum absolute atomic E-state index is 0.135. The maximum absolute atomic E-state index is 12.6. The highest BCUT2D eigenvalue weighted by Crippen LogP contribution is 2.07. The van der Waals surface area contributed by atoms with Gasteiger partial charge in [0, 0.05) is 12.1 Å². The fourth-order valence-corrected chi connectivity index (χ4v) is 2.61. The number of unbranched alkanes of at least 4 members (excludes halogenated alkanes) is 2. The van der Waals surface area contributed by atoms with Gasteiger partial charge in [0.1, 0.15) is 6.04 Å². The summed E-state index contributed by atoms with van der Waals surface area (Å²) in [6, 6.07) is 18.2. The van der Waals surface area contributed by atoms with E-state index in [1.807, 2.05) is 48.5 Å². The van der Waals surface area contributed by atoms with Crippen LogP contribution in [0.3, 0.4) is 0 Å². The molecule has 2 N–H and O–H groups in total. The lowest BCUT2D eigenvalue weighted by Crippen LogP contribution is -2.46. The van der Waals surface area contributed by atoms with Crippen LogP contribution in [0.15, 0.2) is 60.7 Å². The third-order valence-corrected chi connectivity index (χ3v) is 4.06. The van der Waals surface area contributed by atoms with Crippen LogP contribution in [0.1, 0.15) is 48.5 Å². The van der Waals surface area contributed by atoms with Crippen LogP contribution in [0.5, 0.6) is 0 Å². The van der Waals surface area contributed by atoms with E-state index in [9.17, 15) is 9.59 Å². The fraction of sp³-hybridized carbons (Fsp3) is 0.333. The molecule has 2 aromatic carbocycles. The summed E-state index contributed by atoms with van der Waals surface area (Å²) in [6.07, 6.45) is 3.68. The summed E-state index contributed by atoms with van der Waals surface area (Å²) < 4.78 is 0. The number of benzene rings is 2. The van der Waals surface area contributed by atoms with E-state index in [4.69, 9.17) is 0 Å². The molecule has 0 aliphatic carbocycles. The van der Waals surface area contributed by atoms with Gasteiger partial charge in [-0.15, -0.1) is 0 Å². The Morgan fingerprint density at radius 3 is 2.20 bits per heavy atom. The van der Waals surface area contributed by atoms with E-state index in [1.54, 1.807) is 12.1 Å². The van der Waals surface area contributed by atoms with Gasteiger partial charge in [0.05, 0.1) is 0 Å². The van der Waals surface area contributed by atoms with E-state index in [1.165, 1.54) is 0 Å². The second-order valence-corrected chi connectivity index (χ2v) is 6.09. The molecule has 0 unspecified atom stereocenters. The predicted octanol–water partition coefficient (Wildman–Crippen LogP) is 3.68. The molecule has 4 nitrogen and oxygen atoms in total. The van der Waals surface area contributed by atoms with Gasteiger partial charge in [0.15, 0.2) is 0 Å². The zero-order valence-corrected chi connectivity index (χ0v) is 14.7. The first-order valence-electron chi connectivity index (χ1n) is 8.88. The lowest BCUT2D eigenvalue weighted by molar-refractivity contribution is -0.123. The monoisotopic (exact) mass is 338 g/mol. The second-order valence-electron chi connectivity index (χ2n) is 6.09. The van der Waals surface area contributed by atoms with Crippen molar-refractivity contribution in [3.05, 3.63) is 71.8 Å². The first-order chi connectivity index (χ1) is 12.2. The molecule has 2 rings (SSSR count). The molecule has 132 valence electrons. The normalized spacial score (nSPS) is 11.6. The molecule has 1 atom stereocenters. The van der Waals surface area contributed by atoms with E-state index in [0.717, 1.165) is 24.8 Å². The summed E-state index contributed by atoms with van der Waals surface area (Å²) in [5, 5.41) is 5.81. The largest absolute Gasteiger partial charge is 0.350 e. The summed E-state index contributed by atoms with van der Waals surface area (Å²) in [4.78, 5) is 24.9. The Morgan fingerprint density at radius 1 is 0.920 bits per heavy atom. The number of hydrogen-bond donors (Lipinski definition) is 2. The maximum Gasteiger partial charge on any atom is 0.251 e. The molecule has 0 radical (unpaired) electrons. The molecule has 0 aliphatic heterocycles. The topological polar surface area (TPSA) is 58.2 Å². The summed E-state index contributed by atoms with van der Waals surface area (Å²) in [5.41, 5.74) is 1.61. The van der Waals surface area contributed by atoms with E-state index in [-0.39, 0.29) is 11.8 Å². The van der Waals surface area contributed by atoms with Crippen molar-refractivity contribution in [3.8, 4) is 0 Å². The van der Waals surface area contributed by atoms with Gasteiger partial charge in [-0.25, -0.2) is 0 Å². The highest BCUT2D eigenvalue weighted by atomic mass is 16.2. The Labute approximate surface area is 149 Å². The van der Waals surface area contributed by atoms with Gasteiger partial charge in [0.2, 0.25) is 5.91 Å². The van der Waals surface area contributed by atoms with Crippen molar-refractivity contribution in [1.29, 1.82) is 0 Å². The van der Waals surface area contributed by atoms with Crippen LogP contribution < -0.4 is 10.6 Å². The zero-order valence-electron chi connectivity index (χ0n) is 14.7. The SMILES string of the molecule is CCCCC[C@H](NC(=O)c1ccccc1)C(=O)NCc1ccccc1. The molecule has 2 aromatic rings. The van der Waals surface area contributed by atoms with Crippen LogP contribution in [-0.4, -0.2) is 17.9 Å². The number of hydrogen-bond acceptors (Lipinski definition) is 2. The first-order valence-corrected chi connectivity index (χ1v) is 8.88. The van der Waals surface area contributed by atoms with E-state index in [2.05, 4.69) is 17.6 Å². The van der Waals surface area contributed by atoms with Gasteiger partial charge in [0.25, 0.3) is 5.91 Å². The smallest absolute Gasteiger partial charge is 0.251 e. The number of nitrogens with one attached hydrogen (secondary N) is 2. The number of amides is 2. The lowest BCUT2D eigenvalue weighted by Gasteiger charge is -2.18. The molecule has 0 fully saturated rings. The summed E-state index contributed by atoms with van der Waals surface area (Å²) in [7, 11) is 0. The molecule has 2 amide bonds.